The fourth-order valence-electron chi connectivity index (χ4n) is 3.34. The summed E-state index contributed by atoms with van der Waals surface area (Å²) < 4.78 is 11.6. The molecule has 0 amide bonds. The van der Waals surface area contributed by atoms with Crippen molar-refractivity contribution in [3.8, 4) is 0 Å². The SMILES string of the molecule is C=CCC1CC2CC(OC2=O)[C@@H]1OC(=C)c1ccccc1. The van der Waals surface area contributed by atoms with Crippen molar-refractivity contribution < 1.29 is 14.3 Å². The Bertz CT molecular complexity index is 549. The number of rotatable bonds is 5. The molecule has 3 heteroatoms. The van der Waals surface area contributed by atoms with Gasteiger partial charge in [0.2, 0.25) is 0 Å². The number of ether oxygens (including phenoxy) is 2. The van der Waals surface area contributed by atoms with E-state index in [0.29, 0.717) is 5.76 Å². The van der Waals surface area contributed by atoms with Gasteiger partial charge in [-0.3, -0.25) is 4.79 Å². The highest BCUT2D eigenvalue weighted by Crippen LogP contribution is 2.42. The monoisotopic (exact) mass is 284 g/mol. The van der Waals surface area contributed by atoms with Gasteiger partial charge in [0.05, 0.1) is 5.92 Å². The molecule has 1 aromatic carbocycles. The first kappa shape index (κ1) is 13.9. The van der Waals surface area contributed by atoms with Crippen molar-refractivity contribution in [1.29, 1.82) is 0 Å². The standard InChI is InChI=1S/C18H20O3/c1-3-7-14-10-15-11-16(21-18(15)19)17(14)20-12(2)13-8-5-4-6-9-13/h3-6,8-9,14-17H,1-2,7,10-11H2/t14?,15?,16?,17-/m1/s1. The lowest BCUT2D eigenvalue weighted by molar-refractivity contribution is -0.146. The van der Waals surface area contributed by atoms with Crippen molar-refractivity contribution in [3.63, 3.8) is 0 Å². The van der Waals surface area contributed by atoms with E-state index in [2.05, 4.69) is 13.2 Å². The lowest BCUT2D eigenvalue weighted by Crippen LogP contribution is -2.38. The second-order valence-corrected chi connectivity index (χ2v) is 5.80. The molecule has 1 saturated heterocycles. The summed E-state index contributed by atoms with van der Waals surface area (Å²) in [5.74, 6) is 0.851. The summed E-state index contributed by atoms with van der Waals surface area (Å²) in [6.45, 7) is 7.84. The third-order valence-electron chi connectivity index (χ3n) is 4.38. The summed E-state index contributed by atoms with van der Waals surface area (Å²) in [7, 11) is 0. The molecular formula is C18H20O3. The van der Waals surface area contributed by atoms with Gasteiger partial charge in [0.1, 0.15) is 18.0 Å². The van der Waals surface area contributed by atoms with Gasteiger partial charge in [-0.1, -0.05) is 43.0 Å². The summed E-state index contributed by atoms with van der Waals surface area (Å²) >= 11 is 0. The Hall–Kier alpha value is -2.03. The lowest BCUT2D eigenvalue weighted by Gasteiger charge is -2.34. The zero-order chi connectivity index (χ0) is 14.8. The third-order valence-corrected chi connectivity index (χ3v) is 4.38. The van der Waals surface area contributed by atoms with Crippen LogP contribution in [0.25, 0.3) is 5.76 Å². The van der Waals surface area contributed by atoms with Crippen LogP contribution in [0.5, 0.6) is 0 Å². The van der Waals surface area contributed by atoms with Gasteiger partial charge in [-0.05, 0) is 12.8 Å². The van der Waals surface area contributed by atoms with E-state index in [1.807, 2.05) is 36.4 Å². The Morgan fingerprint density at radius 3 is 2.81 bits per heavy atom. The Kier molecular flexibility index (Phi) is 3.82. The minimum absolute atomic E-state index is 0.0322. The average molecular weight is 284 g/mol. The van der Waals surface area contributed by atoms with Gasteiger partial charge in [0, 0.05) is 17.9 Å². The van der Waals surface area contributed by atoms with Crippen LogP contribution in [-0.2, 0) is 14.3 Å². The molecule has 3 nitrogen and oxygen atoms in total. The van der Waals surface area contributed by atoms with Crippen molar-refractivity contribution in [2.45, 2.75) is 31.5 Å². The summed E-state index contributed by atoms with van der Waals surface area (Å²) in [6, 6.07) is 9.81. The predicted molar refractivity (Wildman–Crippen MR) is 81.3 cm³/mol. The maximum absolute atomic E-state index is 11.8. The minimum atomic E-state index is -0.151. The molecule has 4 atom stereocenters. The van der Waals surface area contributed by atoms with E-state index in [9.17, 15) is 4.79 Å². The summed E-state index contributed by atoms with van der Waals surface area (Å²) in [4.78, 5) is 11.8. The van der Waals surface area contributed by atoms with Gasteiger partial charge in [0.15, 0.2) is 0 Å². The zero-order valence-corrected chi connectivity index (χ0v) is 12.0. The maximum atomic E-state index is 11.8. The molecule has 2 fully saturated rings. The van der Waals surface area contributed by atoms with E-state index in [-0.39, 0.29) is 30.0 Å². The van der Waals surface area contributed by atoms with E-state index in [1.165, 1.54) is 0 Å². The van der Waals surface area contributed by atoms with E-state index < -0.39 is 0 Å². The number of allylic oxidation sites excluding steroid dienone is 1. The Morgan fingerprint density at radius 1 is 1.33 bits per heavy atom. The fraction of sp³-hybridized carbons (Fsp3) is 0.389. The van der Waals surface area contributed by atoms with Crippen LogP contribution in [0.1, 0.15) is 24.8 Å². The molecule has 0 spiro atoms. The Balaban J connectivity index is 1.76. The third kappa shape index (κ3) is 2.73. The maximum Gasteiger partial charge on any atom is 0.309 e. The Labute approximate surface area is 125 Å². The van der Waals surface area contributed by atoms with E-state index >= 15 is 0 Å². The molecule has 0 N–H and O–H groups in total. The fourth-order valence-corrected chi connectivity index (χ4v) is 3.34. The molecule has 1 aliphatic carbocycles. The molecule has 1 aromatic rings. The van der Waals surface area contributed by atoms with Crippen LogP contribution in [0, 0.1) is 11.8 Å². The lowest BCUT2D eigenvalue weighted by atomic mass is 9.78. The molecule has 1 heterocycles. The molecule has 3 unspecified atom stereocenters. The molecule has 2 bridgehead atoms. The van der Waals surface area contributed by atoms with Crippen molar-refractivity contribution in [1.82, 2.24) is 0 Å². The molecule has 2 aliphatic rings. The zero-order valence-electron chi connectivity index (χ0n) is 12.0. The highest BCUT2D eigenvalue weighted by Gasteiger charge is 2.49. The summed E-state index contributed by atoms with van der Waals surface area (Å²) in [5.41, 5.74) is 0.960. The molecule has 0 aromatic heterocycles. The number of hydrogen-bond acceptors (Lipinski definition) is 3. The van der Waals surface area contributed by atoms with Crippen LogP contribution in [0.3, 0.4) is 0 Å². The smallest absolute Gasteiger partial charge is 0.309 e. The van der Waals surface area contributed by atoms with Crippen molar-refractivity contribution in [3.05, 3.63) is 55.1 Å². The van der Waals surface area contributed by atoms with Gasteiger partial charge >= 0.3 is 5.97 Å². The van der Waals surface area contributed by atoms with Crippen LogP contribution >= 0.6 is 0 Å². The molecular weight excluding hydrogens is 264 g/mol. The molecule has 3 rings (SSSR count). The van der Waals surface area contributed by atoms with Crippen LogP contribution in [-0.4, -0.2) is 18.2 Å². The second kappa shape index (κ2) is 5.76. The van der Waals surface area contributed by atoms with Crippen molar-refractivity contribution in [2.24, 2.45) is 11.8 Å². The second-order valence-electron chi connectivity index (χ2n) is 5.80. The van der Waals surface area contributed by atoms with Gasteiger partial charge in [-0.15, -0.1) is 6.58 Å². The number of esters is 1. The first-order chi connectivity index (χ1) is 10.2. The highest BCUT2D eigenvalue weighted by molar-refractivity contribution is 5.75. The number of carbonyl (C=O) groups excluding carboxylic acids is 1. The van der Waals surface area contributed by atoms with Gasteiger partial charge in [-0.25, -0.2) is 0 Å². The van der Waals surface area contributed by atoms with E-state index in [1.54, 1.807) is 0 Å². The average Bonchev–Trinajstić information content (AvgIpc) is 2.80. The normalized spacial score (nSPS) is 30.6. The number of carbonyl (C=O) groups is 1. The van der Waals surface area contributed by atoms with E-state index in [0.717, 1.165) is 24.8 Å². The first-order valence-corrected chi connectivity index (χ1v) is 7.41. The molecule has 0 radical (unpaired) electrons. The number of fused-ring (bicyclic) bond motifs is 2. The van der Waals surface area contributed by atoms with Crippen molar-refractivity contribution >= 4 is 11.7 Å². The molecule has 1 saturated carbocycles. The van der Waals surface area contributed by atoms with Crippen LogP contribution in [0.2, 0.25) is 0 Å². The molecule has 1 aliphatic heterocycles. The van der Waals surface area contributed by atoms with Gasteiger partial charge < -0.3 is 9.47 Å². The highest BCUT2D eigenvalue weighted by atomic mass is 16.6. The van der Waals surface area contributed by atoms with Crippen molar-refractivity contribution in [2.75, 3.05) is 0 Å². The molecule has 110 valence electrons. The quantitative estimate of drug-likeness (QED) is 0.471. The van der Waals surface area contributed by atoms with E-state index in [4.69, 9.17) is 9.47 Å². The number of hydrogen-bond donors (Lipinski definition) is 0. The number of benzene rings is 1. The van der Waals surface area contributed by atoms with Gasteiger partial charge in [0.25, 0.3) is 0 Å². The predicted octanol–water partition coefficient (Wildman–Crippen LogP) is 3.57. The molecule has 21 heavy (non-hydrogen) atoms. The van der Waals surface area contributed by atoms with Crippen LogP contribution in [0.15, 0.2) is 49.6 Å². The topological polar surface area (TPSA) is 35.5 Å². The first-order valence-electron chi connectivity index (χ1n) is 7.41. The van der Waals surface area contributed by atoms with Crippen LogP contribution in [0.4, 0.5) is 0 Å². The Morgan fingerprint density at radius 2 is 2.10 bits per heavy atom. The summed E-state index contributed by atoms with van der Waals surface area (Å²) in [6.07, 6.45) is 4.02. The minimum Gasteiger partial charge on any atom is -0.486 e. The largest absolute Gasteiger partial charge is 0.486 e. The van der Waals surface area contributed by atoms with Crippen LogP contribution < -0.4 is 0 Å². The van der Waals surface area contributed by atoms with Gasteiger partial charge in [-0.2, -0.15) is 0 Å². The summed E-state index contributed by atoms with van der Waals surface area (Å²) in [5, 5.41) is 0.